The van der Waals surface area contributed by atoms with Gasteiger partial charge in [-0.1, -0.05) is 6.42 Å². The molecule has 0 aliphatic heterocycles. The van der Waals surface area contributed by atoms with Gasteiger partial charge in [0.05, 0.1) is 12.5 Å². The number of urea groups is 1. The van der Waals surface area contributed by atoms with Crippen molar-refractivity contribution in [3.8, 4) is 0 Å². The summed E-state index contributed by atoms with van der Waals surface area (Å²) in [6.07, 6.45) is -0.231. The molecule has 2 amide bonds. The number of amides is 2. The summed E-state index contributed by atoms with van der Waals surface area (Å²) in [7, 11) is 0. The van der Waals surface area contributed by atoms with E-state index in [1.807, 2.05) is 0 Å². The highest BCUT2D eigenvalue weighted by Gasteiger charge is 2.32. The number of carboxylic acid groups (broad SMARTS) is 1. The highest BCUT2D eigenvalue weighted by Crippen LogP contribution is 2.31. The van der Waals surface area contributed by atoms with Crippen LogP contribution in [0.1, 0.15) is 19.3 Å². The van der Waals surface area contributed by atoms with Gasteiger partial charge in [-0.3, -0.25) is 4.79 Å². The van der Waals surface area contributed by atoms with E-state index >= 15 is 0 Å². The van der Waals surface area contributed by atoms with E-state index in [1.54, 1.807) is 0 Å². The van der Waals surface area contributed by atoms with Gasteiger partial charge in [-0.15, -0.1) is 0 Å². The average Bonchev–Trinajstić information content (AvgIpc) is 2.84. The van der Waals surface area contributed by atoms with Crippen molar-refractivity contribution in [1.29, 1.82) is 0 Å². The highest BCUT2D eigenvalue weighted by atomic mass is 19.3. The van der Waals surface area contributed by atoms with Gasteiger partial charge in [0, 0.05) is 13.1 Å². The predicted octanol–water partition coefficient (Wildman–Crippen LogP) is 1.07. The van der Waals surface area contributed by atoms with Crippen LogP contribution in [0.3, 0.4) is 0 Å². The summed E-state index contributed by atoms with van der Waals surface area (Å²) >= 11 is 0. The molecule has 0 bridgehead atoms. The van der Waals surface area contributed by atoms with Gasteiger partial charge < -0.3 is 20.5 Å². The average molecular weight is 294 g/mol. The molecule has 8 heteroatoms. The maximum Gasteiger partial charge on any atom is 0.314 e. The minimum Gasteiger partial charge on any atom is -0.481 e. The third kappa shape index (κ3) is 6.14. The second-order valence-corrected chi connectivity index (χ2v) is 4.74. The zero-order chi connectivity index (χ0) is 15.0. The van der Waals surface area contributed by atoms with E-state index in [1.165, 1.54) is 0 Å². The maximum atomic E-state index is 11.7. The number of hydrogen-bond donors (Lipinski definition) is 3. The topological polar surface area (TPSA) is 87.7 Å². The molecule has 1 saturated carbocycles. The second-order valence-electron chi connectivity index (χ2n) is 4.74. The van der Waals surface area contributed by atoms with Crippen LogP contribution in [0.2, 0.25) is 0 Å². The van der Waals surface area contributed by atoms with Crippen molar-refractivity contribution in [3.05, 3.63) is 0 Å². The lowest BCUT2D eigenvalue weighted by Gasteiger charge is -2.16. The number of carbonyl (C=O) groups excluding carboxylic acids is 1. The molecule has 116 valence electrons. The Morgan fingerprint density at radius 1 is 1.30 bits per heavy atom. The standard InChI is InChI=1S/C12H20F2N2O4/c13-10(14)7-20-5-4-15-12(19)16-6-8-2-1-3-9(8)11(17)18/h8-10H,1-7H2,(H,17,18)(H2,15,16,19). The molecule has 0 aromatic heterocycles. The Labute approximate surface area is 115 Å². The van der Waals surface area contributed by atoms with Crippen LogP contribution >= 0.6 is 0 Å². The lowest BCUT2D eigenvalue weighted by Crippen LogP contribution is -2.41. The Hall–Kier alpha value is -1.44. The van der Waals surface area contributed by atoms with Crippen LogP contribution in [0.25, 0.3) is 0 Å². The summed E-state index contributed by atoms with van der Waals surface area (Å²) < 4.78 is 28.1. The fourth-order valence-corrected chi connectivity index (χ4v) is 2.30. The lowest BCUT2D eigenvalue weighted by atomic mass is 9.96. The Morgan fingerprint density at radius 3 is 2.70 bits per heavy atom. The van der Waals surface area contributed by atoms with E-state index in [4.69, 9.17) is 5.11 Å². The number of halogens is 2. The van der Waals surface area contributed by atoms with Gasteiger partial charge in [0.1, 0.15) is 6.61 Å². The largest absolute Gasteiger partial charge is 0.481 e. The van der Waals surface area contributed by atoms with Crippen LogP contribution in [0.5, 0.6) is 0 Å². The molecule has 1 aliphatic rings. The van der Waals surface area contributed by atoms with Crippen LogP contribution in [0.4, 0.5) is 13.6 Å². The number of alkyl halides is 2. The summed E-state index contributed by atoms with van der Waals surface area (Å²) in [5, 5.41) is 14.0. The van der Waals surface area contributed by atoms with Crippen molar-refractivity contribution in [1.82, 2.24) is 10.6 Å². The number of hydrogen-bond acceptors (Lipinski definition) is 3. The van der Waals surface area contributed by atoms with Crippen molar-refractivity contribution in [3.63, 3.8) is 0 Å². The molecular formula is C12H20F2N2O4. The van der Waals surface area contributed by atoms with E-state index < -0.39 is 31.0 Å². The minimum absolute atomic E-state index is 0.0128. The van der Waals surface area contributed by atoms with Crippen LogP contribution in [-0.2, 0) is 9.53 Å². The van der Waals surface area contributed by atoms with Crippen molar-refractivity contribution in [2.45, 2.75) is 25.7 Å². The minimum atomic E-state index is -2.51. The number of rotatable bonds is 8. The van der Waals surface area contributed by atoms with Gasteiger partial charge in [0.25, 0.3) is 6.43 Å². The number of nitrogens with one attached hydrogen (secondary N) is 2. The predicted molar refractivity (Wildman–Crippen MR) is 66.7 cm³/mol. The highest BCUT2D eigenvalue weighted by molar-refractivity contribution is 5.74. The van der Waals surface area contributed by atoms with Gasteiger partial charge in [0.15, 0.2) is 0 Å². The Kier molecular flexibility index (Phi) is 7.21. The van der Waals surface area contributed by atoms with Gasteiger partial charge in [-0.25, -0.2) is 13.6 Å². The molecule has 0 aromatic carbocycles. The number of carbonyl (C=O) groups is 2. The molecule has 0 heterocycles. The summed E-state index contributed by atoms with van der Waals surface area (Å²) in [5.41, 5.74) is 0. The van der Waals surface area contributed by atoms with E-state index in [2.05, 4.69) is 15.4 Å². The molecule has 2 atom stereocenters. The molecule has 0 spiro atoms. The molecule has 0 radical (unpaired) electrons. The van der Waals surface area contributed by atoms with Crippen LogP contribution in [0, 0.1) is 11.8 Å². The molecule has 6 nitrogen and oxygen atoms in total. The van der Waals surface area contributed by atoms with E-state index in [9.17, 15) is 18.4 Å². The van der Waals surface area contributed by atoms with Gasteiger partial charge in [-0.05, 0) is 18.8 Å². The zero-order valence-corrected chi connectivity index (χ0v) is 11.1. The fourth-order valence-electron chi connectivity index (χ4n) is 2.30. The Balaban J connectivity index is 2.09. The monoisotopic (exact) mass is 294 g/mol. The molecular weight excluding hydrogens is 274 g/mol. The molecule has 3 N–H and O–H groups in total. The molecule has 20 heavy (non-hydrogen) atoms. The number of ether oxygens (including phenoxy) is 1. The summed E-state index contributed by atoms with van der Waals surface area (Å²) in [5.74, 6) is -1.27. The second kappa shape index (κ2) is 8.68. The fraction of sp³-hybridized carbons (Fsp3) is 0.833. The normalized spacial score (nSPS) is 21.9. The molecule has 0 saturated heterocycles. The van der Waals surface area contributed by atoms with Crippen molar-refractivity contribution in [2.75, 3.05) is 26.3 Å². The van der Waals surface area contributed by atoms with Crippen molar-refractivity contribution in [2.24, 2.45) is 11.8 Å². The van der Waals surface area contributed by atoms with Gasteiger partial charge in [0.2, 0.25) is 0 Å². The molecule has 1 rings (SSSR count). The summed E-state index contributed by atoms with van der Waals surface area (Å²) in [6, 6.07) is -0.443. The zero-order valence-electron chi connectivity index (χ0n) is 11.1. The third-order valence-electron chi connectivity index (χ3n) is 3.28. The maximum absolute atomic E-state index is 11.7. The first-order valence-electron chi connectivity index (χ1n) is 6.61. The molecule has 0 aromatic rings. The molecule has 1 fully saturated rings. The van der Waals surface area contributed by atoms with Crippen LogP contribution in [0.15, 0.2) is 0 Å². The lowest BCUT2D eigenvalue weighted by molar-refractivity contribution is -0.142. The van der Waals surface area contributed by atoms with E-state index in [0.29, 0.717) is 13.0 Å². The first-order chi connectivity index (χ1) is 9.50. The first-order valence-corrected chi connectivity index (χ1v) is 6.61. The van der Waals surface area contributed by atoms with E-state index in [0.717, 1.165) is 12.8 Å². The Morgan fingerprint density at radius 2 is 2.05 bits per heavy atom. The summed E-state index contributed by atoms with van der Waals surface area (Å²) in [6.45, 7) is -0.198. The van der Waals surface area contributed by atoms with Crippen molar-refractivity contribution >= 4 is 12.0 Å². The molecule has 2 unspecified atom stereocenters. The van der Waals surface area contributed by atoms with Crippen molar-refractivity contribution < 1.29 is 28.2 Å². The Bertz CT molecular complexity index is 329. The van der Waals surface area contributed by atoms with E-state index in [-0.39, 0.29) is 19.1 Å². The molecule has 1 aliphatic carbocycles. The quantitative estimate of drug-likeness (QED) is 0.584. The third-order valence-corrected chi connectivity index (χ3v) is 3.28. The SMILES string of the molecule is O=C(NCCOCC(F)F)NCC1CCCC1C(=O)O. The number of aliphatic carboxylic acids is 1. The first kappa shape index (κ1) is 16.6. The number of carboxylic acids is 1. The van der Waals surface area contributed by atoms with Gasteiger partial charge in [-0.2, -0.15) is 0 Å². The van der Waals surface area contributed by atoms with Gasteiger partial charge >= 0.3 is 12.0 Å². The summed E-state index contributed by atoms with van der Waals surface area (Å²) in [4.78, 5) is 22.3. The van der Waals surface area contributed by atoms with Crippen LogP contribution < -0.4 is 10.6 Å². The van der Waals surface area contributed by atoms with Crippen LogP contribution in [-0.4, -0.2) is 49.8 Å². The smallest absolute Gasteiger partial charge is 0.314 e.